The van der Waals surface area contributed by atoms with Gasteiger partial charge < -0.3 is 4.98 Å². The number of piperidine rings is 1. The molecule has 24 heavy (non-hydrogen) atoms. The van der Waals surface area contributed by atoms with Gasteiger partial charge in [-0.15, -0.1) is 0 Å². The minimum Gasteiger partial charge on any atom is -0.342 e. The fourth-order valence-corrected chi connectivity index (χ4v) is 3.75. The smallest absolute Gasteiger partial charge is 0.107 e. The van der Waals surface area contributed by atoms with Gasteiger partial charge in [-0.2, -0.15) is 0 Å². The highest BCUT2D eigenvalue weighted by Gasteiger charge is 2.21. The lowest BCUT2D eigenvalue weighted by molar-refractivity contribution is 0.164. The Morgan fingerprint density at radius 2 is 2.04 bits per heavy atom. The summed E-state index contributed by atoms with van der Waals surface area (Å²) in [7, 11) is 0. The van der Waals surface area contributed by atoms with Crippen LogP contribution in [0.15, 0.2) is 42.5 Å². The predicted molar refractivity (Wildman–Crippen MR) is 96.8 cm³/mol. The normalized spacial score (nSPS) is 19.0. The second-order valence-electron chi connectivity index (χ2n) is 6.92. The first-order valence-electron chi connectivity index (χ1n) is 8.85. The molecule has 4 rings (SSSR count). The number of benzene rings is 1. The number of fused-ring (bicyclic) bond motifs is 1. The zero-order valence-electron chi connectivity index (χ0n) is 14.2. The van der Waals surface area contributed by atoms with Crippen LogP contribution in [-0.2, 0) is 13.0 Å². The third-order valence-electron chi connectivity index (χ3n) is 4.86. The molecule has 124 valence electrons. The van der Waals surface area contributed by atoms with Crippen molar-refractivity contribution in [2.45, 2.75) is 32.7 Å². The van der Waals surface area contributed by atoms with E-state index in [4.69, 9.17) is 4.98 Å². The number of nitrogens with zero attached hydrogens (tertiary/aromatic N) is 3. The van der Waals surface area contributed by atoms with E-state index >= 15 is 0 Å². The largest absolute Gasteiger partial charge is 0.342 e. The Labute approximate surface area is 142 Å². The minimum absolute atomic E-state index is 0.670. The third-order valence-corrected chi connectivity index (χ3v) is 4.86. The van der Waals surface area contributed by atoms with Crippen molar-refractivity contribution in [3.63, 3.8) is 0 Å². The first kappa shape index (κ1) is 15.3. The number of pyridine rings is 1. The summed E-state index contributed by atoms with van der Waals surface area (Å²) in [4.78, 5) is 15.4. The molecular weight excluding hydrogens is 296 g/mol. The number of nitrogens with one attached hydrogen (secondary N) is 1. The van der Waals surface area contributed by atoms with Crippen LogP contribution in [0.3, 0.4) is 0 Å². The van der Waals surface area contributed by atoms with Crippen LogP contribution in [-0.4, -0.2) is 32.9 Å². The summed E-state index contributed by atoms with van der Waals surface area (Å²) in [6, 6.07) is 14.6. The molecule has 0 amide bonds. The molecule has 1 N–H and O–H groups in total. The molecule has 1 aliphatic rings. The summed E-state index contributed by atoms with van der Waals surface area (Å²) in [5, 5.41) is 0. The summed E-state index contributed by atoms with van der Waals surface area (Å²) in [5.41, 5.74) is 4.50. The molecule has 0 spiro atoms. The van der Waals surface area contributed by atoms with E-state index in [0.717, 1.165) is 42.1 Å². The fraction of sp³-hybridized carbons (Fsp3) is 0.400. The van der Waals surface area contributed by atoms with E-state index < -0.39 is 0 Å². The SMILES string of the molecule is Cc1cccc(CN2CCC[C@@H](Cc3nc4ccccc4[nH]3)C2)n1. The van der Waals surface area contributed by atoms with Gasteiger partial charge >= 0.3 is 0 Å². The molecule has 0 bridgehead atoms. The molecule has 3 aromatic rings. The van der Waals surface area contributed by atoms with Gasteiger partial charge in [0.25, 0.3) is 0 Å². The molecule has 1 saturated heterocycles. The highest BCUT2D eigenvalue weighted by atomic mass is 15.1. The second kappa shape index (κ2) is 6.73. The van der Waals surface area contributed by atoms with Crippen LogP contribution in [0.2, 0.25) is 0 Å². The first-order chi connectivity index (χ1) is 11.8. The molecular formula is C20H24N4. The van der Waals surface area contributed by atoms with Gasteiger partial charge in [0.2, 0.25) is 0 Å². The van der Waals surface area contributed by atoms with Crippen LogP contribution in [0, 0.1) is 12.8 Å². The lowest BCUT2D eigenvalue weighted by Gasteiger charge is -2.32. The fourth-order valence-electron chi connectivity index (χ4n) is 3.75. The maximum Gasteiger partial charge on any atom is 0.107 e. The van der Waals surface area contributed by atoms with E-state index in [-0.39, 0.29) is 0 Å². The molecule has 2 aromatic heterocycles. The van der Waals surface area contributed by atoms with Crippen molar-refractivity contribution in [1.82, 2.24) is 19.9 Å². The summed E-state index contributed by atoms with van der Waals surface area (Å²) in [6.45, 7) is 5.32. The number of hydrogen-bond donors (Lipinski definition) is 1. The zero-order valence-corrected chi connectivity index (χ0v) is 14.2. The zero-order chi connectivity index (χ0) is 16.4. The summed E-state index contributed by atoms with van der Waals surface area (Å²) in [5.74, 6) is 1.79. The van der Waals surface area contributed by atoms with E-state index in [0.29, 0.717) is 5.92 Å². The van der Waals surface area contributed by atoms with E-state index in [1.165, 1.54) is 25.1 Å². The Bertz CT molecular complexity index is 790. The Hall–Kier alpha value is -2.20. The van der Waals surface area contributed by atoms with Crippen LogP contribution in [0.1, 0.15) is 30.1 Å². The van der Waals surface area contributed by atoms with Gasteiger partial charge in [0, 0.05) is 25.2 Å². The monoisotopic (exact) mass is 320 g/mol. The van der Waals surface area contributed by atoms with Crippen LogP contribution in [0.4, 0.5) is 0 Å². The third kappa shape index (κ3) is 3.49. The van der Waals surface area contributed by atoms with Crippen LogP contribution >= 0.6 is 0 Å². The van der Waals surface area contributed by atoms with Gasteiger partial charge in [-0.05, 0) is 56.5 Å². The topological polar surface area (TPSA) is 44.8 Å². The molecule has 1 atom stereocenters. The van der Waals surface area contributed by atoms with Crippen LogP contribution in [0.5, 0.6) is 0 Å². The molecule has 1 fully saturated rings. The van der Waals surface area contributed by atoms with Crippen molar-refractivity contribution in [3.8, 4) is 0 Å². The molecule has 0 unspecified atom stereocenters. The average molecular weight is 320 g/mol. The highest BCUT2D eigenvalue weighted by molar-refractivity contribution is 5.74. The first-order valence-corrected chi connectivity index (χ1v) is 8.85. The molecule has 1 aromatic carbocycles. The van der Waals surface area contributed by atoms with Gasteiger partial charge in [0.1, 0.15) is 5.82 Å². The van der Waals surface area contributed by atoms with Crippen molar-refractivity contribution < 1.29 is 0 Å². The number of aromatic nitrogens is 3. The van der Waals surface area contributed by atoms with Crippen molar-refractivity contribution in [2.75, 3.05) is 13.1 Å². The van der Waals surface area contributed by atoms with Crippen molar-refractivity contribution in [2.24, 2.45) is 5.92 Å². The summed E-state index contributed by atoms with van der Waals surface area (Å²) in [6.07, 6.45) is 3.58. The van der Waals surface area contributed by atoms with Crippen molar-refractivity contribution >= 4 is 11.0 Å². The highest BCUT2D eigenvalue weighted by Crippen LogP contribution is 2.22. The Morgan fingerprint density at radius 1 is 1.12 bits per heavy atom. The van der Waals surface area contributed by atoms with Gasteiger partial charge in [-0.3, -0.25) is 9.88 Å². The average Bonchev–Trinajstić information content (AvgIpc) is 2.97. The van der Waals surface area contributed by atoms with Gasteiger partial charge in [-0.1, -0.05) is 18.2 Å². The number of H-pyrrole nitrogens is 1. The van der Waals surface area contributed by atoms with Gasteiger partial charge in [0.05, 0.1) is 16.7 Å². The van der Waals surface area contributed by atoms with Gasteiger partial charge in [-0.25, -0.2) is 4.98 Å². The number of para-hydroxylation sites is 2. The van der Waals surface area contributed by atoms with Crippen molar-refractivity contribution in [3.05, 3.63) is 59.7 Å². The standard InChI is InChI=1S/C20H24N4/c1-15-6-4-8-17(21-15)14-24-11-5-7-16(13-24)12-20-22-18-9-2-3-10-19(18)23-20/h2-4,6,8-10,16H,5,7,11-14H2,1H3,(H,22,23)/t16-/m0/s1. The lowest BCUT2D eigenvalue weighted by atomic mass is 9.94. The predicted octanol–water partition coefficient (Wildman–Crippen LogP) is 3.72. The maximum atomic E-state index is 4.74. The molecule has 0 aliphatic carbocycles. The van der Waals surface area contributed by atoms with E-state index in [9.17, 15) is 0 Å². The molecule has 0 saturated carbocycles. The van der Waals surface area contributed by atoms with E-state index in [1.807, 2.05) is 6.07 Å². The number of hydrogen-bond acceptors (Lipinski definition) is 3. The Balaban J connectivity index is 1.41. The number of aryl methyl sites for hydroxylation is 1. The quantitative estimate of drug-likeness (QED) is 0.797. The Morgan fingerprint density at radius 3 is 2.92 bits per heavy atom. The summed E-state index contributed by atoms with van der Waals surface area (Å²) < 4.78 is 0. The minimum atomic E-state index is 0.670. The second-order valence-corrected chi connectivity index (χ2v) is 6.92. The number of likely N-dealkylation sites (tertiary alicyclic amines) is 1. The van der Waals surface area contributed by atoms with E-state index in [1.54, 1.807) is 0 Å². The molecule has 0 radical (unpaired) electrons. The van der Waals surface area contributed by atoms with Crippen LogP contribution in [0.25, 0.3) is 11.0 Å². The number of aromatic amines is 1. The molecule has 1 aliphatic heterocycles. The summed E-state index contributed by atoms with van der Waals surface area (Å²) >= 11 is 0. The lowest BCUT2D eigenvalue weighted by Crippen LogP contribution is -2.36. The Kier molecular flexibility index (Phi) is 4.30. The molecule has 4 heteroatoms. The maximum absolute atomic E-state index is 4.74. The molecule has 3 heterocycles. The number of rotatable bonds is 4. The van der Waals surface area contributed by atoms with Crippen molar-refractivity contribution in [1.29, 1.82) is 0 Å². The molecule has 4 nitrogen and oxygen atoms in total. The van der Waals surface area contributed by atoms with E-state index in [2.05, 4.69) is 58.2 Å². The van der Waals surface area contributed by atoms with Gasteiger partial charge in [0.15, 0.2) is 0 Å². The van der Waals surface area contributed by atoms with Crippen LogP contribution < -0.4 is 0 Å². The number of imidazole rings is 1.